The lowest BCUT2D eigenvalue weighted by Gasteiger charge is -2.18. The topological polar surface area (TPSA) is 65.1 Å². The maximum Gasteiger partial charge on any atom is 0.248 e. The molecule has 1 atom stereocenters. The van der Waals surface area contributed by atoms with E-state index in [1.54, 1.807) is 6.07 Å². The summed E-state index contributed by atoms with van der Waals surface area (Å²) >= 11 is 0. The summed E-state index contributed by atoms with van der Waals surface area (Å²) in [6.45, 7) is 4.94. The summed E-state index contributed by atoms with van der Waals surface area (Å²) in [6, 6.07) is 13.9. The maximum atomic E-state index is 11.5. The number of aliphatic hydroxyl groups excluding tert-OH is 1. The summed E-state index contributed by atoms with van der Waals surface area (Å²) in [4.78, 5) is 14.4. The Morgan fingerprint density at radius 2 is 1.69 bits per heavy atom. The fourth-order valence-corrected chi connectivity index (χ4v) is 4.56. The van der Waals surface area contributed by atoms with Crippen LogP contribution in [0.5, 0.6) is 0 Å². The van der Waals surface area contributed by atoms with Crippen LogP contribution >= 0.6 is 12.4 Å². The van der Waals surface area contributed by atoms with Crippen molar-refractivity contribution in [2.75, 3.05) is 6.54 Å². The molecule has 4 rings (SSSR count). The first-order valence-electron chi connectivity index (χ1n) is 10.3. The number of aromatic nitrogens is 1. The monoisotopic (exact) mass is 412 g/mol. The highest BCUT2D eigenvalue weighted by Gasteiger charge is 2.26. The summed E-state index contributed by atoms with van der Waals surface area (Å²) in [7, 11) is 0. The molecular weight excluding hydrogens is 384 g/mol. The summed E-state index contributed by atoms with van der Waals surface area (Å²) in [5, 5.41) is 15.3. The van der Waals surface area contributed by atoms with E-state index in [1.807, 2.05) is 18.2 Å². The first-order valence-corrected chi connectivity index (χ1v) is 10.3. The van der Waals surface area contributed by atoms with Crippen molar-refractivity contribution in [2.24, 2.45) is 0 Å². The van der Waals surface area contributed by atoms with Crippen molar-refractivity contribution in [1.82, 2.24) is 10.3 Å². The van der Waals surface area contributed by atoms with Crippen LogP contribution in [0.1, 0.15) is 47.8 Å². The van der Waals surface area contributed by atoms with Crippen LogP contribution in [0.15, 0.2) is 47.3 Å². The van der Waals surface area contributed by atoms with E-state index < -0.39 is 6.10 Å². The predicted molar refractivity (Wildman–Crippen MR) is 121 cm³/mol. The molecule has 3 aromatic rings. The van der Waals surface area contributed by atoms with E-state index in [0.29, 0.717) is 12.6 Å². The lowest BCUT2D eigenvalue weighted by molar-refractivity contribution is 0.171. The van der Waals surface area contributed by atoms with E-state index in [0.717, 1.165) is 42.1 Å². The van der Waals surface area contributed by atoms with Gasteiger partial charge in [-0.25, -0.2) is 0 Å². The van der Waals surface area contributed by atoms with Gasteiger partial charge < -0.3 is 15.4 Å². The second-order valence-corrected chi connectivity index (χ2v) is 7.71. The Morgan fingerprint density at radius 3 is 2.31 bits per heavy atom. The quantitative estimate of drug-likeness (QED) is 0.576. The molecule has 4 nitrogen and oxygen atoms in total. The third-order valence-corrected chi connectivity index (χ3v) is 6.05. The Kier molecular flexibility index (Phi) is 6.78. The van der Waals surface area contributed by atoms with Gasteiger partial charge in [0.25, 0.3) is 0 Å². The van der Waals surface area contributed by atoms with E-state index in [2.05, 4.69) is 36.3 Å². The molecule has 1 aromatic heterocycles. The number of H-pyrrole nitrogens is 1. The minimum atomic E-state index is -0.616. The average Bonchev–Trinajstić information content (AvgIpc) is 3.14. The number of hydrogen-bond acceptors (Lipinski definition) is 3. The second kappa shape index (κ2) is 9.12. The molecule has 0 fully saturated rings. The number of pyridine rings is 1. The summed E-state index contributed by atoms with van der Waals surface area (Å²) < 4.78 is 0. The van der Waals surface area contributed by atoms with Gasteiger partial charge in [0.1, 0.15) is 0 Å². The Balaban J connectivity index is 0.00000240. The number of hydrogen-bond donors (Lipinski definition) is 3. The third-order valence-electron chi connectivity index (χ3n) is 6.05. The lowest BCUT2D eigenvalue weighted by Crippen LogP contribution is -2.33. The zero-order chi connectivity index (χ0) is 19.7. The van der Waals surface area contributed by atoms with Gasteiger partial charge in [-0.05, 0) is 65.6 Å². The molecule has 2 aromatic carbocycles. The normalized spacial score (nSPS) is 14.6. The Bertz CT molecular complexity index is 1030. The molecule has 1 aliphatic carbocycles. The maximum absolute atomic E-state index is 11.5. The molecule has 0 amide bonds. The SMILES string of the molecule is CCc1ccc(CC)c2c1CC(NCC(O)c1cccc3[nH]c(=O)ccc13)C2.Cl. The van der Waals surface area contributed by atoms with Crippen molar-refractivity contribution >= 4 is 23.3 Å². The van der Waals surface area contributed by atoms with Gasteiger partial charge in [0.2, 0.25) is 5.56 Å². The van der Waals surface area contributed by atoms with Crippen LogP contribution in [-0.4, -0.2) is 22.7 Å². The van der Waals surface area contributed by atoms with Crippen molar-refractivity contribution in [3.8, 4) is 0 Å². The molecular formula is C24H29ClN2O2. The van der Waals surface area contributed by atoms with E-state index in [9.17, 15) is 9.90 Å². The minimum absolute atomic E-state index is 0. The fourth-order valence-electron chi connectivity index (χ4n) is 4.56. The van der Waals surface area contributed by atoms with Crippen LogP contribution in [0.4, 0.5) is 0 Å². The number of aromatic amines is 1. The first kappa shape index (κ1) is 21.6. The van der Waals surface area contributed by atoms with Crippen LogP contribution in [0.3, 0.4) is 0 Å². The molecule has 1 heterocycles. The van der Waals surface area contributed by atoms with Crippen LogP contribution in [0.25, 0.3) is 10.9 Å². The van der Waals surface area contributed by atoms with E-state index in [4.69, 9.17) is 0 Å². The highest BCUT2D eigenvalue weighted by Crippen LogP contribution is 2.30. The molecule has 0 spiro atoms. The molecule has 0 bridgehead atoms. The number of halogens is 1. The molecule has 3 N–H and O–H groups in total. The summed E-state index contributed by atoms with van der Waals surface area (Å²) in [6.07, 6.45) is 3.57. The van der Waals surface area contributed by atoms with Crippen molar-refractivity contribution in [3.63, 3.8) is 0 Å². The Hall–Kier alpha value is -2.14. The largest absolute Gasteiger partial charge is 0.387 e. The summed E-state index contributed by atoms with van der Waals surface area (Å²) in [5.41, 5.74) is 7.41. The van der Waals surface area contributed by atoms with Crippen LogP contribution < -0.4 is 10.9 Å². The number of nitrogens with one attached hydrogen (secondary N) is 2. The molecule has 0 aliphatic heterocycles. The van der Waals surface area contributed by atoms with Gasteiger partial charge in [-0.3, -0.25) is 4.79 Å². The molecule has 0 saturated carbocycles. The molecule has 0 radical (unpaired) electrons. The van der Waals surface area contributed by atoms with Gasteiger partial charge in [0.15, 0.2) is 0 Å². The molecule has 0 saturated heterocycles. The standard InChI is InChI=1S/C24H28N2O2.ClH/c1-3-15-8-9-16(4-2)21-13-17(12-20(15)21)25-14-23(27)19-6-5-7-22-18(19)10-11-24(28)26-22;/h5-11,17,23,25,27H,3-4,12-14H2,1-2H3,(H,26,28);1H. The van der Waals surface area contributed by atoms with E-state index in [1.165, 1.54) is 28.3 Å². The van der Waals surface area contributed by atoms with Crippen LogP contribution in [0, 0.1) is 0 Å². The summed E-state index contributed by atoms with van der Waals surface area (Å²) in [5.74, 6) is 0. The van der Waals surface area contributed by atoms with E-state index >= 15 is 0 Å². The molecule has 29 heavy (non-hydrogen) atoms. The number of rotatable bonds is 6. The van der Waals surface area contributed by atoms with Gasteiger partial charge in [0.05, 0.1) is 6.10 Å². The lowest BCUT2D eigenvalue weighted by atomic mass is 9.96. The molecule has 5 heteroatoms. The Labute approximate surface area is 177 Å². The smallest absolute Gasteiger partial charge is 0.248 e. The third kappa shape index (κ3) is 4.25. The molecule has 1 unspecified atom stereocenters. The average molecular weight is 413 g/mol. The molecule has 1 aliphatic rings. The van der Waals surface area contributed by atoms with Gasteiger partial charge in [0, 0.05) is 29.6 Å². The van der Waals surface area contributed by atoms with Crippen molar-refractivity contribution in [2.45, 2.75) is 51.7 Å². The number of benzene rings is 2. The predicted octanol–water partition coefficient (Wildman–Crippen LogP) is 3.87. The highest BCUT2D eigenvalue weighted by molar-refractivity contribution is 5.85. The van der Waals surface area contributed by atoms with Crippen molar-refractivity contribution in [1.29, 1.82) is 0 Å². The zero-order valence-corrected chi connectivity index (χ0v) is 17.8. The fraction of sp³-hybridized carbons (Fsp3) is 0.375. The van der Waals surface area contributed by atoms with Gasteiger partial charge in [-0.1, -0.05) is 38.1 Å². The number of aryl methyl sites for hydroxylation is 2. The molecule has 154 valence electrons. The Morgan fingerprint density at radius 1 is 1.03 bits per heavy atom. The zero-order valence-electron chi connectivity index (χ0n) is 17.0. The van der Waals surface area contributed by atoms with E-state index in [-0.39, 0.29) is 18.0 Å². The van der Waals surface area contributed by atoms with Crippen LogP contribution in [0.2, 0.25) is 0 Å². The van der Waals surface area contributed by atoms with Crippen molar-refractivity contribution in [3.05, 3.63) is 80.6 Å². The van der Waals surface area contributed by atoms with Crippen molar-refractivity contribution < 1.29 is 5.11 Å². The first-order chi connectivity index (χ1) is 13.6. The number of aliphatic hydroxyl groups is 1. The van der Waals surface area contributed by atoms with Gasteiger partial charge in [-0.2, -0.15) is 0 Å². The second-order valence-electron chi connectivity index (χ2n) is 7.71. The minimum Gasteiger partial charge on any atom is -0.387 e. The number of fused-ring (bicyclic) bond motifs is 2. The van der Waals surface area contributed by atoms with Gasteiger partial charge >= 0.3 is 0 Å². The van der Waals surface area contributed by atoms with Gasteiger partial charge in [-0.15, -0.1) is 12.4 Å². The van der Waals surface area contributed by atoms with Crippen LogP contribution in [-0.2, 0) is 25.7 Å². The highest BCUT2D eigenvalue weighted by atomic mass is 35.5.